The van der Waals surface area contributed by atoms with Crippen LogP contribution in [0.15, 0.2) is 30.3 Å². The van der Waals surface area contributed by atoms with Crippen LogP contribution in [0.1, 0.15) is 17.4 Å². The molecule has 0 aliphatic rings. The van der Waals surface area contributed by atoms with Gasteiger partial charge in [0.15, 0.2) is 5.13 Å². The average Bonchev–Trinajstić information content (AvgIpc) is 3.20. The van der Waals surface area contributed by atoms with Crippen molar-refractivity contribution in [1.82, 2.24) is 9.88 Å². The number of carbonyl (C=O) groups excluding carboxylic acids is 1. The number of likely N-dealkylation sites (N-methyl/N-ethyl adjacent to an activating group) is 1. The minimum absolute atomic E-state index is 0.0578. The van der Waals surface area contributed by atoms with Crippen molar-refractivity contribution >= 4 is 55.5 Å². The molecule has 0 spiro atoms. The van der Waals surface area contributed by atoms with Crippen molar-refractivity contribution in [1.29, 1.82) is 0 Å². The molecule has 0 atom stereocenters. The number of anilines is 1. The molecule has 0 bridgehead atoms. The van der Waals surface area contributed by atoms with E-state index < -0.39 is 0 Å². The quantitative estimate of drug-likeness (QED) is 0.569. The summed E-state index contributed by atoms with van der Waals surface area (Å²) in [5, 5.41) is 0.774. The summed E-state index contributed by atoms with van der Waals surface area (Å²) in [5.41, 5.74) is 2.23. The highest BCUT2D eigenvalue weighted by Crippen LogP contribution is 2.32. The van der Waals surface area contributed by atoms with Crippen molar-refractivity contribution in [3.05, 3.63) is 45.1 Å². The zero-order chi connectivity index (χ0) is 18.7. The highest BCUT2D eigenvalue weighted by molar-refractivity contribution is 7.22. The minimum Gasteiger partial charge on any atom is -0.308 e. The van der Waals surface area contributed by atoms with Crippen molar-refractivity contribution < 1.29 is 4.79 Å². The van der Waals surface area contributed by atoms with E-state index in [1.165, 1.54) is 16.9 Å². The number of hydrogen-bond acceptors (Lipinski definition) is 5. The van der Waals surface area contributed by atoms with Crippen LogP contribution in [0.25, 0.3) is 10.2 Å². The number of hydrogen-bond donors (Lipinski definition) is 0. The number of thiazole rings is 1. The molecule has 2 heterocycles. The van der Waals surface area contributed by atoms with E-state index in [0.29, 0.717) is 17.3 Å². The molecule has 0 N–H and O–H groups in total. The maximum absolute atomic E-state index is 13.0. The van der Waals surface area contributed by atoms with Crippen LogP contribution in [0.5, 0.6) is 0 Å². The lowest BCUT2D eigenvalue weighted by Gasteiger charge is -2.21. The zero-order valence-electron chi connectivity index (χ0n) is 15.2. The molecule has 0 unspecified atom stereocenters. The van der Waals surface area contributed by atoms with E-state index in [9.17, 15) is 4.79 Å². The van der Waals surface area contributed by atoms with Gasteiger partial charge in [-0.1, -0.05) is 42.0 Å². The summed E-state index contributed by atoms with van der Waals surface area (Å²) in [5.74, 6) is 0.0578. The lowest BCUT2D eigenvalue weighted by atomic mass is 10.1. The molecule has 1 aromatic carbocycles. The first-order valence-corrected chi connectivity index (χ1v) is 10.6. The van der Waals surface area contributed by atoms with E-state index in [2.05, 4.69) is 30.0 Å². The number of aromatic nitrogens is 1. The van der Waals surface area contributed by atoms with Crippen LogP contribution in [-0.2, 0) is 17.6 Å². The van der Waals surface area contributed by atoms with Crippen molar-refractivity contribution in [3.63, 3.8) is 0 Å². The minimum atomic E-state index is 0.0578. The van der Waals surface area contributed by atoms with Crippen LogP contribution in [0.4, 0.5) is 5.13 Å². The molecule has 3 rings (SSSR count). The Morgan fingerprint density at radius 3 is 2.62 bits per heavy atom. The highest BCUT2D eigenvalue weighted by Gasteiger charge is 2.21. The Morgan fingerprint density at radius 1 is 1.15 bits per heavy atom. The lowest BCUT2D eigenvalue weighted by Crippen LogP contribution is -2.37. The van der Waals surface area contributed by atoms with Gasteiger partial charge in [0.05, 0.1) is 21.0 Å². The van der Waals surface area contributed by atoms with Gasteiger partial charge in [0, 0.05) is 18.0 Å². The van der Waals surface area contributed by atoms with Gasteiger partial charge in [-0.25, -0.2) is 4.98 Å². The number of rotatable bonds is 7. The fourth-order valence-corrected chi connectivity index (χ4v) is 4.85. The Bertz CT molecular complexity index is 903. The van der Waals surface area contributed by atoms with Gasteiger partial charge in [0.2, 0.25) is 5.91 Å². The second kappa shape index (κ2) is 8.48. The topological polar surface area (TPSA) is 36.4 Å². The van der Waals surface area contributed by atoms with Crippen molar-refractivity contribution in [2.45, 2.75) is 19.8 Å². The van der Waals surface area contributed by atoms with E-state index in [1.807, 2.05) is 31.1 Å². The predicted molar refractivity (Wildman–Crippen MR) is 113 cm³/mol. The maximum Gasteiger partial charge on any atom is 0.234 e. The smallest absolute Gasteiger partial charge is 0.234 e. The van der Waals surface area contributed by atoms with Crippen LogP contribution in [0.3, 0.4) is 0 Å². The van der Waals surface area contributed by atoms with E-state index in [1.54, 1.807) is 11.3 Å². The van der Waals surface area contributed by atoms with Crippen LogP contribution in [-0.4, -0.2) is 43.0 Å². The van der Waals surface area contributed by atoms with Gasteiger partial charge < -0.3 is 4.90 Å². The lowest BCUT2D eigenvalue weighted by molar-refractivity contribution is -0.118. The standard InChI is InChI=1S/C19H22ClN3OS2/c1-4-13-6-5-7-15-18(13)21-19(26-15)23(11-10-22(2)3)17(24)12-14-8-9-16(20)25-14/h5-9H,4,10-12H2,1-3H3. The molecule has 26 heavy (non-hydrogen) atoms. The van der Waals surface area contributed by atoms with Gasteiger partial charge in [-0.3, -0.25) is 9.69 Å². The van der Waals surface area contributed by atoms with E-state index in [0.717, 1.165) is 33.2 Å². The normalized spacial score (nSPS) is 11.4. The summed E-state index contributed by atoms with van der Waals surface area (Å²) in [6.45, 7) is 3.53. The monoisotopic (exact) mass is 407 g/mol. The second-order valence-electron chi connectivity index (χ2n) is 6.35. The first-order valence-electron chi connectivity index (χ1n) is 8.55. The Labute approximate surface area is 167 Å². The predicted octanol–water partition coefficient (Wildman–Crippen LogP) is 4.71. The van der Waals surface area contributed by atoms with Crippen LogP contribution in [0.2, 0.25) is 4.34 Å². The van der Waals surface area contributed by atoms with Gasteiger partial charge in [-0.05, 0) is 44.3 Å². The summed E-state index contributed by atoms with van der Waals surface area (Å²) in [6, 6.07) is 9.99. The van der Waals surface area contributed by atoms with Crippen molar-refractivity contribution in [2.24, 2.45) is 0 Å². The fourth-order valence-electron chi connectivity index (χ4n) is 2.71. The number of amides is 1. The molecule has 0 aliphatic carbocycles. The molecule has 0 fully saturated rings. The molecule has 4 nitrogen and oxygen atoms in total. The number of thiophene rings is 1. The van der Waals surface area contributed by atoms with Crippen LogP contribution in [0, 0.1) is 0 Å². The zero-order valence-corrected chi connectivity index (χ0v) is 17.5. The number of carbonyl (C=O) groups is 1. The number of benzene rings is 1. The summed E-state index contributed by atoms with van der Waals surface area (Å²) < 4.78 is 1.83. The van der Waals surface area contributed by atoms with Gasteiger partial charge >= 0.3 is 0 Å². The number of fused-ring (bicyclic) bond motifs is 1. The largest absolute Gasteiger partial charge is 0.308 e. The first-order chi connectivity index (χ1) is 12.5. The molecular formula is C19H22ClN3OS2. The van der Waals surface area contributed by atoms with E-state index in [4.69, 9.17) is 16.6 Å². The molecule has 0 radical (unpaired) electrons. The first kappa shape index (κ1) is 19.3. The summed E-state index contributed by atoms with van der Waals surface area (Å²) in [6.07, 6.45) is 1.28. The number of nitrogens with zero attached hydrogens (tertiary/aromatic N) is 3. The van der Waals surface area contributed by atoms with Gasteiger partial charge in [0.25, 0.3) is 0 Å². The molecule has 1 amide bonds. The van der Waals surface area contributed by atoms with Crippen molar-refractivity contribution in [2.75, 3.05) is 32.1 Å². The maximum atomic E-state index is 13.0. The molecule has 0 saturated carbocycles. The average molecular weight is 408 g/mol. The molecule has 0 aliphatic heterocycles. The van der Waals surface area contributed by atoms with Gasteiger partial charge in [0.1, 0.15) is 0 Å². The van der Waals surface area contributed by atoms with E-state index >= 15 is 0 Å². The van der Waals surface area contributed by atoms with Crippen molar-refractivity contribution in [3.8, 4) is 0 Å². The summed E-state index contributed by atoms with van der Waals surface area (Å²) in [7, 11) is 4.02. The second-order valence-corrected chi connectivity index (χ2v) is 9.15. The third-order valence-electron chi connectivity index (χ3n) is 4.13. The van der Waals surface area contributed by atoms with E-state index in [-0.39, 0.29) is 5.91 Å². The number of para-hydroxylation sites is 1. The van der Waals surface area contributed by atoms with Crippen LogP contribution < -0.4 is 4.90 Å². The Morgan fingerprint density at radius 2 is 1.96 bits per heavy atom. The molecular weight excluding hydrogens is 386 g/mol. The van der Waals surface area contributed by atoms with Gasteiger partial charge in [-0.2, -0.15) is 0 Å². The summed E-state index contributed by atoms with van der Waals surface area (Å²) >= 11 is 9.04. The van der Waals surface area contributed by atoms with Crippen LogP contribution >= 0.6 is 34.3 Å². The third kappa shape index (κ3) is 4.43. The molecule has 2 aromatic heterocycles. The molecule has 138 valence electrons. The van der Waals surface area contributed by atoms with Gasteiger partial charge in [-0.15, -0.1) is 11.3 Å². The highest BCUT2D eigenvalue weighted by atomic mass is 35.5. The Kier molecular flexibility index (Phi) is 6.29. The number of aryl methyl sites for hydroxylation is 1. The molecule has 3 aromatic rings. The fraction of sp³-hybridized carbons (Fsp3) is 0.368. The number of halogens is 1. The Balaban J connectivity index is 1.91. The Hall–Kier alpha value is -1.47. The molecule has 0 saturated heterocycles. The third-order valence-corrected chi connectivity index (χ3v) is 6.40. The summed E-state index contributed by atoms with van der Waals surface area (Å²) in [4.78, 5) is 22.7. The SMILES string of the molecule is CCc1cccc2sc(N(CCN(C)C)C(=O)Cc3ccc(Cl)s3)nc12. The molecule has 7 heteroatoms.